The van der Waals surface area contributed by atoms with Crippen LogP contribution < -0.4 is 0 Å². The van der Waals surface area contributed by atoms with Crippen molar-refractivity contribution in [2.75, 3.05) is 0 Å². The van der Waals surface area contributed by atoms with E-state index in [1.807, 2.05) is 19.1 Å². The van der Waals surface area contributed by atoms with Crippen LogP contribution >= 0.6 is 27.5 Å². The highest BCUT2D eigenvalue weighted by atomic mass is 79.9. The molecule has 54 valence electrons. The molecular formula is C8H8BrCl. The Labute approximate surface area is 74.3 Å². The molecule has 0 heterocycles. The van der Waals surface area contributed by atoms with E-state index in [2.05, 4.69) is 22.9 Å². The molecule has 0 aliphatic heterocycles. The molecule has 0 nitrogen and oxygen atoms in total. The van der Waals surface area contributed by atoms with Gasteiger partial charge in [0.1, 0.15) is 0 Å². The fourth-order valence-corrected chi connectivity index (χ4v) is 1.74. The summed E-state index contributed by atoms with van der Waals surface area (Å²) in [7, 11) is 0. The molecule has 0 fully saturated rings. The Hall–Kier alpha value is -0.0100. The minimum atomic E-state index is 0.787. The van der Waals surface area contributed by atoms with Crippen LogP contribution in [0.15, 0.2) is 16.6 Å². The van der Waals surface area contributed by atoms with Gasteiger partial charge in [-0.3, -0.25) is 0 Å². The average Bonchev–Trinajstić information content (AvgIpc) is 1.82. The van der Waals surface area contributed by atoms with E-state index in [9.17, 15) is 0 Å². The predicted molar refractivity (Wildman–Crippen MR) is 48.6 cm³/mol. The quantitative estimate of drug-likeness (QED) is 0.624. The van der Waals surface area contributed by atoms with E-state index in [1.54, 1.807) is 0 Å². The number of rotatable bonds is 0. The Morgan fingerprint density at radius 3 is 2.40 bits per heavy atom. The van der Waals surface area contributed by atoms with Gasteiger partial charge in [-0.2, -0.15) is 0 Å². The van der Waals surface area contributed by atoms with Crippen molar-refractivity contribution >= 4 is 27.5 Å². The maximum atomic E-state index is 5.79. The van der Waals surface area contributed by atoms with Crippen molar-refractivity contribution in [3.63, 3.8) is 0 Å². The van der Waals surface area contributed by atoms with Gasteiger partial charge in [0.25, 0.3) is 0 Å². The normalized spacial score (nSPS) is 10.0. The van der Waals surface area contributed by atoms with Gasteiger partial charge in [-0.25, -0.2) is 0 Å². The Kier molecular flexibility index (Phi) is 2.37. The third-order valence-electron chi connectivity index (χ3n) is 1.57. The number of hydrogen-bond acceptors (Lipinski definition) is 0. The van der Waals surface area contributed by atoms with Crippen molar-refractivity contribution in [1.29, 1.82) is 0 Å². The molecular weight excluding hydrogens is 211 g/mol. The Bertz CT molecular complexity index is 232. The highest BCUT2D eigenvalue weighted by molar-refractivity contribution is 9.10. The molecule has 0 aromatic heterocycles. The van der Waals surface area contributed by atoms with E-state index in [0.29, 0.717) is 0 Å². The van der Waals surface area contributed by atoms with E-state index in [-0.39, 0.29) is 0 Å². The predicted octanol–water partition coefficient (Wildman–Crippen LogP) is 3.72. The van der Waals surface area contributed by atoms with Gasteiger partial charge in [-0.1, -0.05) is 27.5 Å². The van der Waals surface area contributed by atoms with Gasteiger partial charge in [-0.15, -0.1) is 0 Å². The van der Waals surface area contributed by atoms with E-state index in [4.69, 9.17) is 11.6 Å². The second-order valence-corrected chi connectivity index (χ2v) is 3.62. The summed E-state index contributed by atoms with van der Waals surface area (Å²) in [4.78, 5) is 0. The van der Waals surface area contributed by atoms with E-state index < -0.39 is 0 Å². The van der Waals surface area contributed by atoms with Crippen molar-refractivity contribution in [2.24, 2.45) is 0 Å². The van der Waals surface area contributed by atoms with Crippen molar-refractivity contribution in [2.45, 2.75) is 13.8 Å². The van der Waals surface area contributed by atoms with E-state index >= 15 is 0 Å². The minimum absolute atomic E-state index is 0.787. The smallest absolute Gasteiger partial charge is 0.0420 e. The summed E-state index contributed by atoms with van der Waals surface area (Å²) < 4.78 is 1.08. The lowest BCUT2D eigenvalue weighted by Crippen LogP contribution is -1.81. The molecule has 10 heavy (non-hydrogen) atoms. The Balaban J connectivity index is 3.31. The average molecular weight is 220 g/mol. The summed E-state index contributed by atoms with van der Waals surface area (Å²) in [5.41, 5.74) is 2.48. The summed E-state index contributed by atoms with van der Waals surface area (Å²) >= 11 is 9.20. The van der Waals surface area contributed by atoms with Crippen LogP contribution in [0.2, 0.25) is 5.02 Å². The van der Waals surface area contributed by atoms with Crippen LogP contribution in [0.5, 0.6) is 0 Å². The van der Waals surface area contributed by atoms with Crippen LogP contribution in [0.1, 0.15) is 11.1 Å². The molecule has 0 spiro atoms. The number of aryl methyl sites for hydroxylation is 1. The molecule has 1 rings (SSSR count). The molecule has 2 heteroatoms. The van der Waals surface area contributed by atoms with Crippen LogP contribution in [-0.2, 0) is 0 Å². The van der Waals surface area contributed by atoms with Gasteiger partial charge in [0.2, 0.25) is 0 Å². The Morgan fingerprint density at radius 1 is 1.30 bits per heavy atom. The summed E-state index contributed by atoms with van der Waals surface area (Å²) in [6.45, 7) is 4.11. The molecule has 0 saturated carbocycles. The van der Waals surface area contributed by atoms with E-state index in [1.165, 1.54) is 11.1 Å². The van der Waals surface area contributed by atoms with Crippen molar-refractivity contribution in [3.05, 3.63) is 32.8 Å². The first-order chi connectivity index (χ1) is 4.61. The number of halogens is 2. The maximum Gasteiger partial charge on any atom is 0.0420 e. The van der Waals surface area contributed by atoms with Gasteiger partial charge in [0.15, 0.2) is 0 Å². The second kappa shape index (κ2) is 2.93. The lowest BCUT2D eigenvalue weighted by molar-refractivity contribution is 1.32. The van der Waals surface area contributed by atoms with Crippen LogP contribution in [-0.4, -0.2) is 0 Å². The molecule has 0 atom stereocenters. The molecule has 1 aromatic carbocycles. The fraction of sp³-hybridized carbons (Fsp3) is 0.250. The van der Waals surface area contributed by atoms with Crippen molar-refractivity contribution < 1.29 is 0 Å². The summed E-state index contributed by atoms with van der Waals surface area (Å²) in [5, 5.41) is 0.787. The largest absolute Gasteiger partial charge is 0.0843 e. The number of hydrogen-bond donors (Lipinski definition) is 0. The molecule has 0 aliphatic carbocycles. The summed E-state index contributed by atoms with van der Waals surface area (Å²) in [6.07, 6.45) is 0. The maximum absolute atomic E-state index is 5.79. The molecule has 0 radical (unpaired) electrons. The van der Waals surface area contributed by atoms with Gasteiger partial charge in [0, 0.05) is 9.50 Å². The minimum Gasteiger partial charge on any atom is -0.0843 e. The highest BCUT2D eigenvalue weighted by Crippen LogP contribution is 2.23. The molecule has 0 unspecified atom stereocenters. The first-order valence-electron chi connectivity index (χ1n) is 3.03. The topological polar surface area (TPSA) is 0 Å². The summed E-state index contributed by atoms with van der Waals surface area (Å²) in [6, 6.07) is 3.87. The van der Waals surface area contributed by atoms with Crippen molar-refractivity contribution in [1.82, 2.24) is 0 Å². The first kappa shape index (κ1) is 8.09. The zero-order valence-electron chi connectivity index (χ0n) is 5.91. The monoisotopic (exact) mass is 218 g/mol. The van der Waals surface area contributed by atoms with Crippen molar-refractivity contribution in [3.8, 4) is 0 Å². The number of benzene rings is 1. The lowest BCUT2D eigenvalue weighted by Gasteiger charge is -2.02. The lowest BCUT2D eigenvalue weighted by atomic mass is 10.1. The SMILES string of the molecule is Cc1cc(Cl)cc(Br)c1C. The molecule has 0 N–H and O–H groups in total. The van der Waals surface area contributed by atoms with Gasteiger partial charge in [0.05, 0.1) is 0 Å². The Morgan fingerprint density at radius 2 is 1.90 bits per heavy atom. The molecule has 1 aromatic rings. The van der Waals surface area contributed by atoms with Gasteiger partial charge in [-0.05, 0) is 37.1 Å². The standard InChI is InChI=1S/C8H8BrCl/c1-5-3-7(10)4-8(9)6(5)2/h3-4H,1-2H3. The van der Waals surface area contributed by atoms with Crippen LogP contribution in [0, 0.1) is 13.8 Å². The van der Waals surface area contributed by atoms with Gasteiger partial charge < -0.3 is 0 Å². The molecule has 0 aliphatic rings. The third kappa shape index (κ3) is 1.53. The zero-order valence-corrected chi connectivity index (χ0v) is 8.25. The third-order valence-corrected chi connectivity index (χ3v) is 2.61. The second-order valence-electron chi connectivity index (χ2n) is 2.33. The first-order valence-corrected chi connectivity index (χ1v) is 4.20. The molecule has 0 saturated heterocycles. The molecule has 0 amide bonds. The van der Waals surface area contributed by atoms with Gasteiger partial charge >= 0.3 is 0 Å². The highest BCUT2D eigenvalue weighted by Gasteiger charge is 1.98. The summed E-state index contributed by atoms with van der Waals surface area (Å²) in [5.74, 6) is 0. The van der Waals surface area contributed by atoms with E-state index in [0.717, 1.165) is 9.50 Å². The van der Waals surface area contributed by atoms with Crippen LogP contribution in [0.3, 0.4) is 0 Å². The fourth-order valence-electron chi connectivity index (χ4n) is 0.774. The molecule has 0 bridgehead atoms. The zero-order chi connectivity index (χ0) is 7.72. The van der Waals surface area contributed by atoms with Crippen LogP contribution in [0.25, 0.3) is 0 Å². The van der Waals surface area contributed by atoms with Crippen LogP contribution in [0.4, 0.5) is 0 Å².